The molecule has 0 radical (unpaired) electrons. The normalized spacial score (nSPS) is 10.2. The van der Waals surface area contributed by atoms with Gasteiger partial charge in [-0.15, -0.1) is 0 Å². The molecule has 0 aliphatic rings. The summed E-state index contributed by atoms with van der Waals surface area (Å²) in [4.78, 5) is 13.4. The van der Waals surface area contributed by atoms with Gasteiger partial charge in [0.1, 0.15) is 0 Å². The molecule has 0 fully saturated rings. The molecule has 1 rings (SSSR count). The van der Waals surface area contributed by atoms with E-state index in [4.69, 9.17) is 0 Å². The Morgan fingerprint density at radius 3 is 2.31 bits per heavy atom. The maximum absolute atomic E-state index is 11.5. The van der Waals surface area contributed by atoms with Gasteiger partial charge in [0.2, 0.25) is 5.91 Å². The molecule has 0 saturated heterocycles. The molecule has 0 aliphatic heterocycles. The molecule has 0 spiro atoms. The highest BCUT2D eigenvalue weighted by atomic mass is 16.2. The van der Waals surface area contributed by atoms with Crippen LogP contribution in [0.5, 0.6) is 0 Å². The molecule has 0 bridgehead atoms. The molecule has 0 aliphatic carbocycles. The molecule has 0 saturated carbocycles. The predicted octanol–water partition coefficient (Wildman–Crippen LogP) is 3.54. The predicted molar refractivity (Wildman–Crippen MR) is 68.7 cm³/mol. The Hall–Kier alpha value is -1.31. The summed E-state index contributed by atoms with van der Waals surface area (Å²) in [6.45, 7) is 6.68. The highest BCUT2D eigenvalue weighted by molar-refractivity contribution is 5.91. The minimum atomic E-state index is 0.125. The first-order valence-corrected chi connectivity index (χ1v) is 6.00. The van der Waals surface area contributed by atoms with Crippen molar-refractivity contribution in [3.05, 3.63) is 29.8 Å². The van der Waals surface area contributed by atoms with Gasteiger partial charge in [-0.25, -0.2) is 0 Å². The Kier molecular flexibility index (Phi) is 5.03. The first-order valence-electron chi connectivity index (χ1n) is 6.00. The zero-order chi connectivity index (χ0) is 12.0. The summed E-state index contributed by atoms with van der Waals surface area (Å²) in [5.74, 6) is 0.125. The highest BCUT2D eigenvalue weighted by Gasteiger charge is 2.09. The summed E-state index contributed by atoms with van der Waals surface area (Å²) in [7, 11) is 0. The van der Waals surface area contributed by atoms with Crippen LogP contribution in [0, 0.1) is 6.92 Å². The van der Waals surface area contributed by atoms with Crippen LogP contribution in [0.4, 0.5) is 5.69 Å². The van der Waals surface area contributed by atoms with E-state index in [0.717, 1.165) is 18.7 Å². The van der Waals surface area contributed by atoms with Crippen molar-refractivity contribution in [2.75, 3.05) is 11.4 Å². The molecule has 1 aromatic rings. The number of carbonyl (C=O) groups excluding carboxylic acids is 1. The van der Waals surface area contributed by atoms with Crippen LogP contribution in [0.1, 0.15) is 38.7 Å². The van der Waals surface area contributed by atoms with Crippen LogP contribution in [0.25, 0.3) is 0 Å². The number of carbonyl (C=O) groups is 1. The second kappa shape index (κ2) is 6.31. The molecule has 88 valence electrons. The number of aryl methyl sites for hydroxylation is 1. The quantitative estimate of drug-likeness (QED) is 0.694. The fraction of sp³-hybridized carbons (Fsp3) is 0.500. The second-order valence-electron chi connectivity index (χ2n) is 4.21. The molecular weight excluding hydrogens is 198 g/mol. The number of hydrogen-bond acceptors (Lipinski definition) is 1. The molecule has 2 heteroatoms. The minimum Gasteiger partial charge on any atom is -0.313 e. The molecule has 0 aromatic heterocycles. The third-order valence-electron chi connectivity index (χ3n) is 2.71. The molecule has 0 heterocycles. The van der Waals surface area contributed by atoms with Crippen molar-refractivity contribution < 1.29 is 4.79 Å². The van der Waals surface area contributed by atoms with Crippen LogP contribution in [0.2, 0.25) is 0 Å². The summed E-state index contributed by atoms with van der Waals surface area (Å²) in [6.07, 6.45) is 3.43. The van der Waals surface area contributed by atoms with Gasteiger partial charge in [0, 0.05) is 19.2 Å². The third kappa shape index (κ3) is 3.69. The minimum absolute atomic E-state index is 0.125. The smallest absolute Gasteiger partial charge is 0.223 e. The first kappa shape index (κ1) is 12.8. The first-order chi connectivity index (χ1) is 7.65. The molecule has 2 nitrogen and oxygen atoms in total. The van der Waals surface area contributed by atoms with Crippen LogP contribution in [0.3, 0.4) is 0 Å². The van der Waals surface area contributed by atoms with Gasteiger partial charge in [0.15, 0.2) is 0 Å². The Labute approximate surface area is 98.3 Å². The van der Waals surface area contributed by atoms with Gasteiger partial charge in [-0.2, -0.15) is 0 Å². The van der Waals surface area contributed by atoms with Crippen LogP contribution >= 0.6 is 0 Å². The fourth-order valence-corrected chi connectivity index (χ4v) is 1.71. The zero-order valence-corrected chi connectivity index (χ0v) is 10.5. The van der Waals surface area contributed by atoms with Crippen LogP contribution in [-0.2, 0) is 4.79 Å². The Morgan fingerprint density at radius 1 is 1.19 bits per heavy atom. The van der Waals surface area contributed by atoms with Gasteiger partial charge in [-0.1, -0.05) is 37.5 Å². The summed E-state index contributed by atoms with van der Waals surface area (Å²) in [5.41, 5.74) is 2.23. The van der Waals surface area contributed by atoms with E-state index >= 15 is 0 Å². The van der Waals surface area contributed by atoms with E-state index < -0.39 is 0 Å². The maximum atomic E-state index is 11.5. The number of anilines is 1. The molecule has 0 N–H and O–H groups in total. The lowest BCUT2D eigenvalue weighted by Crippen LogP contribution is -2.29. The van der Waals surface area contributed by atoms with E-state index in [-0.39, 0.29) is 5.91 Å². The van der Waals surface area contributed by atoms with Crippen molar-refractivity contribution >= 4 is 11.6 Å². The molecule has 0 atom stereocenters. The Balaban J connectivity index is 2.69. The standard InChI is InChI=1S/C14H21NO/c1-4-5-6-11-15(13(3)16)14-9-7-12(2)8-10-14/h7-10H,4-6,11H2,1-3H3. The summed E-state index contributed by atoms with van der Waals surface area (Å²) < 4.78 is 0. The Morgan fingerprint density at radius 2 is 1.81 bits per heavy atom. The van der Waals surface area contributed by atoms with Gasteiger partial charge in [-0.3, -0.25) is 4.79 Å². The van der Waals surface area contributed by atoms with E-state index in [2.05, 4.69) is 13.8 Å². The lowest BCUT2D eigenvalue weighted by Gasteiger charge is -2.21. The van der Waals surface area contributed by atoms with Gasteiger partial charge < -0.3 is 4.90 Å². The average molecular weight is 219 g/mol. The lowest BCUT2D eigenvalue weighted by molar-refractivity contribution is -0.116. The van der Waals surface area contributed by atoms with Gasteiger partial charge >= 0.3 is 0 Å². The summed E-state index contributed by atoms with van der Waals surface area (Å²) in [5, 5.41) is 0. The van der Waals surface area contributed by atoms with Crippen molar-refractivity contribution in [3.8, 4) is 0 Å². The van der Waals surface area contributed by atoms with Crippen LogP contribution < -0.4 is 4.90 Å². The molecule has 0 unspecified atom stereocenters. The molecule has 1 aromatic carbocycles. The largest absolute Gasteiger partial charge is 0.313 e. The number of unbranched alkanes of at least 4 members (excludes halogenated alkanes) is 2. The number of benzene rings is 1. The highest BCUT2D eigenvalue weighted by Crippen LogP contribution is 2.16. The number of amides is 1. The Bertz CT molecular complexity index is 329. The second-order valence-corrected chi connectivity index (χ2v) is 4.21. The van der Waals surface area contributed by atoms with Crippen molar-refractivity contribution in [3.63, 3.8) is 0 Å². The number of nitrogens with zero attached hydrogens (tertiary/aromatic N) is 1. The number of hydrogen-bond donors (Lipinski definition) is 0. The maximum Gasteiger partial charge on any atom is 0.223 e. The molecular formula is C14H21NO. The van der Waals surface area contributed by atoms with Crippen molar-refractivity contribution in [1.29, 1.82) is 0 Å². The monoisotopic (exact) mass is 219 g/mol. The van der Waals surface area contributed by atoms with Crippen molar-refractivity contribution in [1.82, 2.24) is 0 Å². The van der Waals surface area contributed by atoms with Gasteiger partial charge in [-0.05, 0) is 25.5 Å². The van der Waals surface area contributed by atoms with Gasteiger partial charge in [0.25, 0.3) is 0 Å². The van der Waals surface area contributed by atoms with Crippen LogP contribution in [-0.4, -0.2) is 12.5 Å². The summed E-state index contributed by atoms with van der Waals surface area (Å²) in [6, 6.07) is 8.13. The zero-order valence-electron chi connectivity index (χ0n) is 10.5. The van der Waals surface area contributed by atoms with Crippen molar-refractivity contribution in [2.45, 2.75) is 40.0 Å². The fourth-order valence-electron chi connectivity index (χ4n) is 1.71. The van der Waals surface area contributed by atoms with E-state index in [9.17, 15) is 4.79 Å². The van der Waals surface area contributed by atoms with E-state index in [1.54, 1.807) is 6.92 Å². The van der Waals surface area contributed by atoms with Crippen molar-refractivity contribution in [2.24, 2.45) is 0 Å². The average Bonchev–Trinajstić information content (AvgIpc) is 2.26. The van der Waals surface area contributed by atoms with E-state index in [1.165, 1.54) is 18.4 Å². The summed E-state index contributed by atoms with van der Waals surface area (Å²) >= 11 is 0. The lowest BCUT2D eigenvalue weighted by atomic mass is 10.2. The third-order valence-corrected chi connectivity index (χ3v) is 2.71. The number of rotatable bonds is 5. The topological polar surface area (TPSA) is 20.3 Å². The molecule has 1 amide bonds. The van der Waals surface area contributed by atoms with E-state index in [1.807, 2.05) is 29.2 Å². The van der Waals surface area contributed by atoms with E-state index in [0.29, 0.717) is 0 Å². The molecule has 16 heavy (non-hydrogen) atoms. The SMILES string of the molecule is CCCCCN(C(C)=O)c1ccc(C)cc1. The van der Waals surface area contributed by atoms with Crippen LogP contribution in [0.15, 0.2) is 24.3 Å². The van der Waals surface area contributed by atoms with Gasteiger partial charge in [0.05, 0.1) is 0 Å².